The molecule has 5 heteroatoms. The number of amides is 1. The van der Waals surface area contributed by atoms with Gasteiger partial charge in [-0.1, -0.05) is 27.7 Å². The van der Waals surface area contributed by atoms with E-state index >= 15 is 0 Å². The summed E-state index contributed by atoms with van der Waals surface area (Å²) in [4.78, 5) is 26.1. The van der Waals surface area contributed by atoms with Gasteiger partial charge >= 0.3 is 5.97 Å². The van der Waals surface area contributed by atoms with Crippen molar-refractivity contribution >= 4 is 11.9 Å². The first-order valence-corrected chi connectivity index (χ1v) is 7.53. The molecule has 0 aromatic rings. The molecule has 1 saturated heterocycles. The van der Waals surface area contributed by atoms with Crippen LogP contribution in [-0.2, 0) is 9.59 Å². The fraction of sp³-hybridized carbons (Fsp3) is 0.867. The van der Waals surface area contributed by atoms with Crippen molar-refractivity contribution in [1.29, 1.82) is 0 Å². The van der Waals surface area contributed by atoms with Gasteiger partial charge in [-0.25, -0.2) is 0 Å². The Balaban J connectivity index is 2.93. The fourth-order valence-electron chi connectivity index (χ4n) is 2.84. The van der Waals surface area contributed by atoms with Crippen molar-refractivity contribution in [2.75, 3.05) is 19.6 Å². The van der Waals surface area contributed by atoms with Gasteiger partial charge in [-0.2, -0.15) is 0 Å². The molecule has 20 heavy (non-hydrogen) atoms. The van der Waals surface area contributed by atoms with Crippen LogP contribution in [0.5, 0.6) is 0 Å². The van der Waals surface area contributed by atoms with Crippen LogP contribution in [0.4, 0.5) is 0 Å². The SMILES string of the molecule is CCCN(C(=O)C(C(=O)O)C(C)(C)C)C1CCNCC1. The second-order valence-electron chi connectivity index (χ2n) is 6.65. The summed E-state index contributed by atoms with van der Waals surface area (Å²) in [6.45, 7) is 9.90. The van der Waals surface area contributed by atoms with Gasteiger partial charge in [-0.05, 0) is 37.8 Å². The van der Waals surface area contributed by atoms with E-state index in [1.54, 1.807) is 0 Å². The summed E-state index contributed by atoms with van der Waals surface area (Å²) in [5.41, 5.74) is -0.568. The van der Waals surface area contributed by atoms with Crippen molar-refractivity contribution in [3.63, 3.8) is 0 Å². The van der Waals surface area contributed by atoms with Crippen LogP contribution < -0.4 is 5.32 Å². The molecule has 0 spiro atoms. The molecule has 1 unspecified atom stereocenters. The summed E-state index contributed by atoms with van der Waals surface area (Å²) >= 11 is 0. The van der Waals surface area contributed by atoms with Gasteiger partial charge in [0.05, 0.1) is 0 Å². The van der Waals surface area contributed by atoms with E-state index in [-0.39, 0.29) is 11.9 Å². The van der Waals surface area contributed by atoms with Crippen LogP contribution in [0, 0.1) is 11.3 Å². The Kier molecular flexibility index (Phi) is 5.99. The van der Waals surface area contributed by atoms with Gasteiger partial charge < -0.3 is 15.3 Å². The second-order valence-corrected chi connectivity index (χ2v) is 6.65. The van der Waals surface area contributed by atoms with E-state index in [2.05, 4.69) is 5.32 Å². The largest absolute Gasteiger partial charge is 0.481 e. The van der Waals surface area contributed by atoms with Crippen LogP contribution in [0.25, 0.3) is 0 Å². The molecule has 116 valence electrons. The predicted octanol–water partition coefficient (Wildman–Crippen LogP) is 1.72. The number of hydrogen-bond acceptors (Lipinski definition) is 3. The molecule has 0 aromatic carbocycles. The van der Waals surface area contributed by atoms with E-state index in [4.69, 9.17) is 0 Å². The molecule has 0 aliphatic carbocycles. The molecule has 0 radical (unpaired) electrons. The highest BCUT2D eigenvalue weighted by molar-refractivity contribution is 5.97. The minimum atomic E-state index is -1.02. The molecular formula is C15H28N2O3. The highest BCUT2D eigenvalue weighted by atomic mass is 16.4. The van der Waals surface area contributed by atoms with Crippen molar-refractivity contribution in [1.82, 2.24) is 10.2 Å². The zero-order valence-electron chi connectivity index (χ0n) is 13.1. The number of nitrogens with one attached hydrogen (secondary N) is 1. The van der Waals surface area contributed by atoms with Crippen LogP contribution in [-0.4, -0.2) is 47.6 Å². The maximum absolute atomic E-state index is 12.7. The van der Waals surface area contributed by atoms with Crippen LogP contribution in [0.1, 0.15) is 47.0 Å². The Hall–Kier alpha value is -1.10. The van der Waals surface area contributed by atoms with Gasteiger partial charge in [0.25, 0.3) is 0 Å². The maximum Gasteiger partial charge on any atom is 0.316 e. The van der Waals surface area contributed by atoms with Crippen molar-refractivity contribution in [3.8, 4) is 0 Å². The quantitative estimate of drug-likeness (QED) is 0.754. The first-order valence-electron chi connectivity index (χ1n) is 7.53. The minimum absolute atomic E-state index is 0.174. The van der Waals surface area contributed by atoms with Gasteiger partial charge in [0.15, 0.2) is 0 Å². The highest BCUT2D eigenvalue weighted by Crippen LogP contribution is 2.29. The van der Waals surface area contributed by atoms with Crippen molar-refractivity contribution in [3.05, 3.63) is 0 Å². The van der Waals surface area contributed by atoms with E-state index in [9.17, 15) is 14.7 Å². The first-order chi connectivity index (χ1) is 9.29. The number of aliphatic carboxylic acids is 1. The molecule has 1 aliphatic heterocycles. The predicted molar refractivity (Wildman–Crippen MR) is 78.5 cm³/mol. The van der Waals surface area contributed by atoms with E-state index in [0.29, 0.717) is 6.54 Å². The molecule has 2 N–H and O–H groups in total. The highest BCUT2D eigenvalue weighted by Gasteiger charge is 2.41. The standard InChI is InChI=1S/C15H28N2O3/c1-5-10-17(11-6-8-16-9-7-11)13(18)12(14(19)20)15(2,3)4/h11-12,16H,5-10H2,1-4H3,(H,19,20). The molecular weight excluding hydrogens is 256 g/mol. The average molecular weight is 284 g/mol. The van der Waals surface area contributed by atoms with Crippen molar-refractivity contribution in [2.45, 2.75) is 53.0 Å². The lowest BCUT2D eigenvalue weighted by molar-refractivity contribution is -0.157. The zero-order chi connectivity index (χ0) is 15.3. The number of carbonyl (C=O) groups is 2. The lowest BCUT2D eigenvalue weighted by atomic mass is 9.79. The molecule has 1 aliphatic rings. The van der Waals surface area contributed by atoms with E-state index < -0.39 is 17.3 Å². The van der Waals surface area contributed by atoms with Gasteiger partial charge in [0.1, 0.15) is 5.92 Å². The minimum Gasteiger partial charge on any atom is -0.481 e. The topological polar surface area (TPSA) is 69.6 Å². The third kappa shape index (κ3) is 4.20. The summed E-state index contributed by atoms with van der Waals surface area (Å²) < 4.78 is 0. The molecule has 1 amide bonds. The average Bonchev–Trinajstić information content (AvgIpc) is 2.34. The fourth-order valence-corrected chi connectivity index (χ4v) is 2.84. The number of nitrogens with zero attached hydrogens (tertiary/aromatic N) is 1. The van der Waals surface area contributed by atoms with Crippen molar-refractivity contribution < 1.29 is 14.7 Å². The summed E-state index contributed by atoms with van der Waals surface area (Å²) in [5, 5.41) is 12.7. The van der Waals surface area contributed by atoms with Gasteiger partial charge in [0.2, 0.25) is 5.91 Å². The Labute approximate surface area is 121 Å². The second kappa shape index (κ2) is 7.07. The molecule has 5 nitrogen and oxygen atoms in total. The smallest absolute Gasteiger partial charge is 0.316 e. The number of rotatable bonds is 5. The van der Waals surface area contributed by atoms with Crippen LogP contribution in [0.3, 0.4) is 0 Å². The maximum atomic E-state index is 12.7. The lowest BCUT2D eigenvalue weighted by Gasteiger charge is -2.38. The molecule has 0 aromatic heterocycles. The molecule has 1 heterocycles. The Morgan fingerprint density at radius 2 is 1.85 bits per heavy atom. The zero-order valence-corrected chi connectivity index (χ0v) is 13.1. The summed E-state index contributed by atoms with van der Waals surface area (Å²) in [6.07, 6.45) is 2.66. The van der Waals surface area contributed by atoms with Gasteiger partial charge in [-0.3, -0.25) is 9.59 Å². The Morgan fingerprint density at radius 1 is 1.30 bits per heavy atom. The molecule has 0 bridgehead atoms. The Morgan fingerprint density at radius 3 is 2.25 bits per heavy atom. The summed E-state index contributed by atoms with van der Waals surface area (Å²) in [5.74, 6) is -2.21. The molecule has 1 fully saturated rings. The number of piperidine rings is 1. The number of hydrogen-bond donors (Lipinski definition) is 2. The van der Waals surface area contributed by atoms with Crippen LogP contribution >= 0.6 is 0 Å². The summed E-state index contributed by atoms with van der Waals surface area (Å²) in [6, 6.07) is 0.174. The van der Waals surface area contributed by atoms with Gasteiger partial charge in [-0.15, -0.1) is 0 Å². The summed E-state index contributed by atoms with van der Waals surface area (Å²) in [7, 11) is 0. The van der Waals surface area contributed by atoms with E-state index in [1.807, 2.05) is 32.6 Å². The normalized spacial score (nSPS) is 18.6. The number of carboxylic acids is 1. The van der Waals surface area contributed by atoms with E-state index in [0.717, 1.165) is 32.4 Å². The van der Waals surface area contributed by atoms with Crippen molar-refractivity contribution in [2.24, 2.45) is 11.3 Å². The van der Waals surface area contributed by atoms with Crippen LogP contribution in [0.15, 0.2) is 0 Å². The lowest BCUT2D eigenvalue weighted by Crippen LogP contribution is -2.52. The molecule has 1 rings (SSSR count). The molecule has 1 atom stereocenters. The van der Waals surface area contributed by atoms with E-state index in [1.165, 1.54) is 0 Å². The molecule has 0 saturated carbocycles. The third-order valence-electron chi connectivity index (χ3n) is 3.86. The van der Waals surface area contributed by atoms with Crippen LogP contribution in [0.2, 0.25) is 0 Å². The Bertz CT molecular complexity index is 344. The first kappa shape index (κ1) is 17.0. The monoisotopic (exact) mass is 284 g/mol. The number of carbonyl (C=O) groups excluding carboxylic acids is 1. The van der Waals surface area contributed by atoms with Gasteiger partial charge in [0, 0.05) is 12.6 Å². The number of carboxylic acid groups (broad SMARTS) is 1. The third-order valence-corrected chi connectivity index (χ3v) is 3.86.